The van der Waals surface area contributed by atoms with Crippen LogP contribution in [0, 0.1) is 11.3 Å². The molecule has 0 bridgehead atoms. The molecule has 2 aromatic rings. The maximum absolute atomic E-state index is 8.94. The molecule has 0 saturated heterocycles. The lowest BCUT2D eigenvalue weighted by Gasteiger charge is -2.20. The molecule has 0 fully saturated rings. The molecule has 0 aliphatic carbocycles. The summed E-state index contributed by atoms with van der Waals surface area (Å²) in [7, 11) is 0. The molecule has 4 heteroatoms. The number of nitrogens with zero attached hydrogens (tertiary/aromatic N) is 3. The van der Waals surface area contributed by atoms with Crippen LogP contribution in [0.5, 0.6) is 0 Å². The molecule has 0 unspecified atom stereocenters. The first kappa shape index (κ1) is 15.3. The summed E-state index contributed by atoms with van der Waals surface area (Å²) < 4.78 is 1.83. The number of hydrogen-bond acceptors (Lipinski definition) is 3. The molecule has 0 aliphatic rings. The Morgan fingerprint density at radius 3 is 2.86 bits per heavy atom. The summed E-state index contributed by atoms with van der Waals surface area (Å²) in [5.74, 6) is 0. The standard InChI is InChI=1S/C17H22N4/c1-17(2,3)19-9-5-7-15-12-20-21(13-15)16-8-4-6-14(10-16)11-18/h4,6,8,10,12-13,19H,5,7,9H2,1-3H3. The van der Waals surface area contributed by atoms with Crippen LogP contribution < -0.4 is 5.32 Å². The van der Waals surface area contributed by atoms with Crippen molar-refractivity contribution in [2.75, 3.05) is 6.54 Å². The smallest absolute Gasteiger partial charge is 0.0992 e. The van der Waals surface area contributed by atoms with Crippen LogP contribution in [0.3, 0.4) is 0 Å². The van der Waals surface area contributed by atoms with Gasteiger partial charge in [-0.15, -0.1) is 0 Å². The van der Waals surface area contributed by atoms with Gasteiger partial charge in [0.05, 0.1) is 23.5 Å². The largest absolute Gasteiger partial charge is 0.312 e. The molecule has 0 atom stereocenters. The van der Waals surface area contributed by atoms with Crippen LogP contribution >= 0.6 is 0 Å². The van der Waals surface area contributed by atoms with E-state index in [4.69, 9.17) is 5.26 Å². The first-order valence-corrected chi connectivity index (χ1v) is 7.27. The second-order valence-electron chi connectivity index (χ2n) is 6.24. The molecular formula is C17H22N4. The molecule has 21 heavy (non-hydrogen) atoms. The lowest BCUT2D eigenvalue weighted by Crippen LogP contribution is -2.36. The zero-order valence-electron chi connectivity index (χ0n) is 12.9. The van der Waals surface area contributed by atoms with E-state index in [1.165, 1.54) is 5.56 Å². The van der Waals surface area contributed by atoms with Crippen LogP contribution in [0.1, 0.15) is 38.3 Å². The SMILES string of the molecule is CC(C)(C)NCCCc1cnn(-c2cccc(C#N)c2)c1. The van der Waals surface area contributed by atoms with Gasteiger partial charge in [0.15, 0.2) is 0 Å². The molecule has 1 aromatic heterocycles. The fourth-order valence-electron chi connectivity index (χ4n) is 2.10. The average molecular weight is 282 g/mol. The van der Waals surface area contributed by atoms with E-state index in [-0.39, 0.29) is 5.54 Å². The molecule has 0 radical (unpaired) electrons. The van der Waals surface area contributed by atoms with E-state index >= 15 is 0 Å². The van der Waals surface area contributed by atoms with Crippen molar-refractivity contribution in [3.05, 3.63) is 47.8 Å². The Balaban J connectivity index is 1.94. The van der Waals surface area contributed by atoms with Crippen LogP contribution in [0.2, 0.25) is 0 Å². The van der Waals surface area contributed by atoms with Gasteiger partial charge in [-0.3, -0.25) is 0 Å². The molecule has 2 rings (SSSR count). The third kappa shape index (κ3) is 4.73. The van der Waals surface area contributed by atoms with Gasteiger partial charge < -0.3 is 5.32 Å². The average Bonchev–Trinajstić information content (AvgIpc) is 2.91. The Hall–Kier alpha value is -2.12. The topological polar surface area (TPSA) is 53.6 Å². The van der Waals surface area contributed by atoms with Crippen molar-refractivity contribution in [2.45, 2.75) is 39.2 Å². The summed E-state index contributed by atoms with van der Waals surface area (Å²) in [6.07, 6.45) is 6.02. The molecule has 0 saturated carbocycles. The van der Waals surface area contributed by atoms with E-state index in [9.17, 15) is 0 Å². The second-order valence-corrected chi connectivity index (χ2v) is 6.24. The van der Waals surface area contributed by atoms with Crippen LogP contribution in [0.25, 0.3) is 5.69 Å². The fraction of sp³-hybridized carbons (Fsp3) is 0.412. The second kappa shape index (κ2) is 6.55. The van der Waals surface area contributed by atoms with Gasteiger partial charge >= 0.3 is 0 Å². The van der Waals surface area contributed by atoms with Crippen molar-refractivity contribution >= 4 is 0 Å². The lowest BCUT2D eigenvalue weighted by molar-refractivity contribution is 0.422. The molecule has 0 spiro atoms. The molecule has 1 N–H and O–H groups in total. The van der Waals surface area contributed by atoms with E-state index in [1.807, 2.05) is 35.3 Å². The van der Waals surface area contributed by atoms with E-state index < -0.39 is 0 Å². The first-order valence-electron chi connectivity index (χ1n) is 7.27. The third-order valence-corrected chi connectivity index (χ3v) is 3.17. The van der Waals surface area contributed by atoms with Gasteiger partial charge in [0.25, 0.3) is 0 Å². The highest BCUT2D eigenvalue weighted by Gasteiger charge is 2.08. The minimum Gasteiger partial charge on any atom is -0.312 e. The number of aryl methyl sites for hydroxylation is 1. The number of hydrogen-bond donors (Lipinski definition) is 1. The van der Waals surface area contributed by atoms with Crippen LogP contribution in [-0.2, 0) is 6.42 Å². The van der Waals surface area contributed by atoms with Gasteiger partial charge in [0.2, 0.25) is 0 Å². The van der Waals surface area contributed by atoms with Crippen LogP contribution in [-0.4, -0.2) is 21.9 Å². The number of rotatable bonds is 5. The molecular weight excluding hydrogens is 260 g/mol. The Bertz CT molecular complexity index is 629. The molecule has 0 amide bonds. The molecule has 4 nitrogen and oxygen atoms in total. The highest BCUT2D eigenvalue weighted by Crippen LogP contribution is 2.11. The van der Waals surface area contributed by atoms with Gasteiger partial charge in [-0.2, -0.15) is 10.4 Å². The maximum atomic E-state index is 8.94. The van der Waals surface area contributed by atoms with Crippen molar-refractivity contribution in [2.24, 2.45) is 0 Å². The normalized spacial score (nSPS) is 11.3. The minimum atomic E-state index is 0.169. The maximum Gasteiger partial charge on any atom is 0.0992 e. The van der Waals surface area contributed by atoms with Crippen molar-refractivity contribution in [1.29, 1.82) is 5.26 Å². The quantitative estimate of drug-likeness (QED) is 0.857. The molecule has 1 aromatic carbocycles. The van der Waals surface area contributed by atoms with Crippen molar-refractivity contribution in [3.63, 3.8) is 0 Å². The van der Waals surface area contributed by atoms with Crippen molar-refractivity contribution < 1.29 is 0 Å². The summed E-state index contributed by atoms with van der Waals surface area (Å²) >= 11 is 0. The third-order valence-electron chi connectivity index (χ3n) is 3.17. The summed E-state index contributed by atoms with van der Waals surface area (Å²) in [5.41, 5.74) is 2.96. The number of nitriles is 1. The van der Waals surface area contributed by atoms with Crippen LogP contribution in [0.4, 0.5) is 0 Å². The Kier molecular flexibility index (Phi) is 4.77. The molecule has 110 valence electrons. The highest BCUT2D eigenvalue weighted by molar-refractivity contribution is 5.40. The molecule has 1 heterocycles. The Morgan fingerprint density at radius 1 is 1.33 bits per heavy atom. The van der Waals surface area contributed by atoms with Crippen molar-refractivity contribution in [3.8, 4) is 11.8 Å². The summed E-state index contributed by atoms with van der Waals surface area (Å²) in [6, 6.07) is 9.63. The Morgan fingerprint density at radius 2 is 2.14 bits per heavy atom. The van der Waals surface area contributed by atoms with E-state index in [2.05, 4.69) is 37.3 Å². The lowest BCUT2D eigenvalue weighted by atomic mass is 10.1. The monoisotopic (exact) mass is 282 g/mol. The van der Waals surface area contributed by atoms with Crippen molar-refractivity contribution in [1.82, 2.24) is 15.1 Å². The van der Waals surface area contributed by atoms with E-state index in [1.54, 1.807) is 6.07 Å². The summed E-state index contributed by atoms with van der Waals surface area (Å²) in [6.45, 7) is 7.52. The number of benzene rings is 1. The summed E-state index contributed by atoms with van der Waals surface area (Å²) in [5, 5.41) is 16.8. The zero-order chi connectivity index (χ0) is 15.3. The Labute approximate surface area is 126 Å². The zero-order valence-corrected chi connectivity index (χ0v) is 12.9. The van der Waals surface area contributed by atoms with Gasteiger partial charge in [0, 0.05) is 11.7 Å². The molecule has 0 aliphatic heterocycles. The fourth-order valence-corrected chi connectivity index (χ4v) is 2.10. The van der Waals surface area contributed by atoms with Gasteiger partial charge in [-0.05, 0) is 63.9 Å². The number of nitrogens with one attached hydrogen (secondary N) is 1. The number of aromatic nitrogens is 2. The predicted octanol–water partition coefficient (Wildman–Crippen LogP) is 3.06. The first-order chi connectivity index (χ1) is 9.98. The highest BCUT2D eigenvalue weighted by atomic mass is 15.3. The van der Waals surface area contributed by atoms with Gasteiger partial charge in [-0.25, -0.2) is 4.68 Å². The van der Waals surface area contributed by atoms with E-state index in [0.717, 1.165) is 25.1 Å². The van der Waals surface area contributed by atoms with Crippen LogP contribution in [0.15, 0.2) is 36.7 Å². The predicted molar refractivity (Wildman–Crippen MR) is 84.4 cm³/mol. The minimum absolute atomic E-state index is 0.169. The summed E-state index contributed by atoms with van der Waals surface area (Å²) in [4.78, 5) is 0. The van der Waals surface area contributed by atoms with Gasteiger partial charge in [0.1, 0.15) is 0 Å². The van der Waals surface area contributed by atoms with Gasteiger partial charge in [-0.1, -0.05) is 6.07 Å². The van der Waals surface area contributed by atoms with E-state index in [0.29, 0.717) is 5.56 Å².